The van der Waals surface area contributed by atoms with Gasteiger partial charge in [-0.15, -0.1) is 0 Å². The number of benzene rings is 1. The van der Waals surface area contributed by atoms with Crippen LogP contribution in [0.4, 0.5) is 5.69 Å². The molecule has 1 aliphatic heterocycles. The number of hydrogen-bond donors (Lipinski definition) is 1. The molecule has 2 rings (SSSR count). The summed E-state index contributed by atoms with van der Waals surface area (Å²) in [6.45, 7) is 1.03. The molecule has 1 aliphatic rings. The highest BCUT2D eigenvalue weighted by Crippen LogP contribution is 2.32. The van der Waals surface area contributed by atoms with Gasteiger partial charge in [-0.1, -0.05) is 23.2 Å². The van der Waals surface area contributed by atoms with Gasteiger partial charge >= 0.3 is 0 Å². The van der Waals surface area contributed by atoms with Crippen molar-refractivity contribution in [1.29, 1.82) is 0 Å². The molecule has 0 saturated carbocycles. The number of anilines is 1. The SMILES string of the molecule is O=C(Nc1ccc2c(c1)OCCO2)C(Cl)Cl. The predicted octanol–water partition coefficient (Wildman–Crippen LogP) is 2.20. The van der Waals surface area contributed by atoms with E-state index in [1.54, 1.807) is 18.2 Å². The van der Waals surface area contributed by atoms with Crippen LogP contribution in [0.25, 0.3) is 0 Å². The van der Waals surface area contributed by atoms with E-state index < -0.39 is 10.7 Å². The summed E-state index contributed by atoms with van der Waals surface area (Å²) in [5.74, 6) is 0.794. The average molecular weight is 262 g/mol. The molecule has 1 aromatic rings. The molecule has 1 aromatic carbocycles. The molecule has 1 amide bonds. The Morgan fingerprint density at radius 3 is 2.62 bits per heavy atom. The lowest BCUT2D eigenvalue weighted by Crippen LogP contribution is -2.19. The molecule has 0 saturated heterocycles. The van der Waals surface area contributed by atoms with E-state index >= 15 is 0 Å². The topological polar surface area (TPSA) is 47.6 Å². The lowest BCUT2D eigenvalue weighted by molar-refractivity contribution is -0.114. The maximum Gasteiger partial charge on any atom is 0.257 e. The first-order valence-corrected chi connectivity index (χ1v) is 5.53. The summed E-state index contributed by atoms with van der Waals surface area (Å²) in [7, 11) is 0. The molecule has 0 spiro atoms. The first-order chi connectivity index (χ1) is 7.66. The van der Waals surface area contributed by atoms with Crippen molar-refractivity contribution in [2.45, 2.75) is 4.84 Å². The van der Waals surface area contributed by atoms with Crippen molar-refractivity contribution in [3.63, 3.8) is 0 Å². The van der Waals surface area contributed by atoms with Crippen LogP contribution in [0.15, 0.2) is 18.2 Å². The summed E-state index contributed by atoms with van der Waals surface area (Å²) in [6, 6.07) is 5.09. The highest BCUT2D eigenvalue weighted by molar-refractivity contribution is 6.54. The molecule has 16 heavy (non-hydrogen) atoms. The first kappa shape index (κ1) is 11.4. The number of alkyl halides is 2. The second-order valence-corrected chi connectivity index (χ2v) is 4.24. The minimum atomic E-state index is -1.09. The Hall–Kier alpha value is -1.13. The van der Waals surface area contributed by atoms with Crippen LogP contribution in [0.1, 0.15) is 0 Å². The normalized spacial score (nSPS) is 13.7. The third-order valence-corrected chi connectivity index (χ3v) is 2.40. The van der Waals surface area contributed by atoms with Crippen molar-refractivity contribution in [2.75, 3.05) is 18.5 Å². The highest BCUT2D eigenvalue weighted by Gasteiger charge is 2.15. The lowest BCUT2D eigenvalue weighted by Gasteiger charge is -2.19. The highest BCUT2D eigenvalue weighted by atomic mass is 35.5. The second kappa shape index (κ2) is 4.80. The molecule has 0 bridgehead atoms. The molecule has 0 aliphatic carbocycles. The van der Waals surface area contributed by atoms with Crippen LogP contribution in [-0.2, 0) is 4.79 Å². The molecule has 4 nitrogen and oxygen atoms in total. The monoisotopic (exact) mass is 261 g/mol. The summed E-state index contributed by atoms with van der Waals surface area (Å²) in [5, 5.41) is 2.55. The van der Waals surface area contributed by atoms with Crippen molar-refractivity contribution in [3.8, 4) is 11.5 Å². The molecule has 0 atom stereocenters. The van der Waals surface area contributed by atoms with E-state index in [9.17, 15) is 4.79 Å². The number of ether oxygens (including phenoxy) is 2. The van der Waals surface area contributed by atoms with Crippen LogP contribution in [-0.4, -0.2) is 24.0 Å². The van der Waals surface area contributed by atoms with Crippen molar-refractivity contribution in [1.82, 2.24) is 0 Å². The van der Waals surface area contributed by atoms with Gasteiger partial charge < -0.3 is 14.8 Å². The van der Waals surface area contributed by atoms with Crippen LogP contribution in [0.3, 0.4) is 0 Å². The van der Waals surface area contributed by atoms with Gasteiger partial charge in [-0.05, 0) is 12.1 Å². The van der Waals surface area contributed by atoms with E-state index in [-0.39, 0.29) is 0 Å². The summed E-state index contributed by atoms with van der Waals surface area (Å²) in [5.41, 5.74) is 0.570. The number of hydrogen-bond acceptors (Lipinski definition) is 3. The lowest BCUT2D eigenvalue weighted by atomic mass is 10.2. The summed E-state index contributed by atoms with van der Waals surface area (Å²) in [4.78, 5) is 10.1. The van der Waals surface area contributed by atoms with Gasteiger partial charge in [-0.3, -0.25) is 4.79 Å². The number of rotatable bonds is 2. The van der Waals surface area contributed by atoms with Crippen LogP contribution >= 0.6 is 23.2 Å². The first-order valence-electron chi connectivity index (χ1n) is 4.65. The third kappa shape index (κ3) is 2.51. The molecular weight excluding hydrogens is 253 g/mol. The Morgan fingerprint density at radius 1 is 1.25 bits per heavy atom. The number of halogens is 2. The van der Waals surface area contributed by atoms with Gasteiger partial charge in [0.2, 0.25) is 0 Å². The largest absolute Gasteiger partial charge is 0.486 e. The minimum absolute atomic E-state index is 0.472. The van der Waals surface area contributed by atoms with Gasteiger partial charge in [0.1, 0.15) is 13.2 Å². The van der Waals surface area contributed by atoms with Gasteiger partial charge in [-0.2, -0.15) is 0 Å². The maximum absolute atomic E-state index is 11.2. The van der Waals surface area contributed by atoms with E-state index in [0.717, 1.165) is 0 Å². The Balaban J connectivity index is 2.14. The van der Waals surface area contributed by atoms with Gasteiger partial charge in [0.15, 0.2) is 16.3 Å². The molecule has 0 aromatic heterocycles. The molecule has 0 fully saturated rings. The molecular formula is C10H9Cl2NO3. The Kier molecular flexibility index (Phi) is 3.41. The standard InChI is InChI=1S/C10H9Cl2NO3/c11-9(12)10(14)13-6-1-2-7-8(5-6)16-4-3-15-7/h1-2,5,9H,3-4H2,(H,13,14). The van der Waals surface area contributed by atoms with Gasteiger partial charge in [0, 0.05) is 11.8 Å². The van der Waals surface area contributed by atoms with Crippen LogP contribution < -0.4 is 14.8 Å². The number of amides is 1. The number of carbonyl (C=O) groups is 1. The van der Waals surface area contributed by atoms with Crippen LogP contribution in [0, 0.1) is 0 Å². The van der Waals surface area contributed by atoms with Crippen LogP contribution in [0.5, 0.6) is 11.5 Å². The van der Waals surface area contributed by atoms with E-state index in [1.807, 2.05) is 0 Å². The van der Waals surface area contributed by atoms with Crippen molar-refractivity contribution in [3.05, 3.63) is 18.2 Å². The van der Waals surface area contributed by atoms with Gasteiger partial charge in [0.05, 0.1) is 0 Å². The smallest absolute Gasteiger partial charge is 0.257 e. The fraction of sp³-hybridized carbons (Fsp3) is 0.300. The maximum atomic E-state index is 11.2. The Bertz CT molecular complexity index is 409. The van der Waals surface area contributed by atoms with E-state index in [0.29, 0.717) is 30.4 Å². The summed E-state index contributed by atoms with van der Waals surface area (Å²) >= 11 is 10.8. The van der Waals surface area contributed by atoms with Crippen molar-refractivity contribution in [2.24, 2.45) is 0 Å². The molecule has 1 heterocycles. The zero-order valence-electron chi connectivity index (χ0n) is 8.20. The van der Waals surface area contributed by atoms with Crippen molar-refractivity contribution >= 4 is 34.8 Å². The third-order valence-electron chi connectivity index (χ3n) is 2.01. The second-order valence-electron chi connectivity index (χ2n) is 3.15. The van der Waals surface area contributed by atoms with E-state index in [1.165, 1.54) is 0 Å². The molecule has 0 unspecified atom stereocenters. The molecule has 0 radical (unpaired) electrons. The molecule has 1 N–H and O–H groups in total. The zero-order valence-corrected chi connectivity index (χ0v) is 9.72. The van der Waals surface area contributed by atoms with Crippen LogP contribution in [0.2, 0.25) is 0 Å². The average Bonchev–Trinajstić information content (AvgIpc) is 2.28. The fourth-order valence-corrected chi connectivity index (χ4v) is 1.43. The Labute approximate surface area is 102 Å². The molecule has 86 valence electrons. The number of carbonyl (C=O) groups excluding carboxylic acids is 1. The van der Waals surface area contributed by atoms with Crippen molar-refractivity contribution < 1.29 is 14.3 Å². The van der Waals surface area contributed by atoms with Gasteiger partial charge in [0.25, 0.3) is 5.91 Å². The molecule has 6 heteroatoms. The number of nitrogens with one attached hydrogen (secondary N) is 1. The van der Waals surface area contributed by atoms with Gasteiger partial charge in [-0.25, -0.2) is 0 Å². The zero-order chi connectivity index (χ0) is 11.5. The summed E-state index contributed by atoms with van der Waals surface area (Å²) in [6.07, 6.45) is 0. The summed E-state index contributed by atoms with van der Waals surface area (Å²) < 4.78 is 10.7. The quantitative estimate of drug-likeness (QED) is 0.831. The fourth-order valence-electron chi connectivity index (χ4n) is 1.32. The number of fused-ring (bicyclic) bond motifs is 1. The Morgan fingerprint density at radius 2 is 1.94 bits per heavy atom. The minimum Gasteiger partial charge on any atom is -0.486 e. The van der Waals surface area contributed by atoms with E-state index in [2.05, 4.69) is 5.32 Å². The predicted molar refractivity (Wildman–Crippen MR) is 61.6 cm³/mol. The van der Waals surface area contributed by atoms with E-state index in [4.69, 9.17) is 32.7 Å².